The van der Waals surface area contributed by atoms with Crippen molar-refractivity contribution in [3.05, 3.63) is 60.4 Å². The molecule has 0 saturated heterocycles. The minimum atomic E-state index is -3.65. The Morgan fingerprint density at radius 3 is 2.64 bits per heavy atom. The van der Waals surface area contributed by atoms with Gasteiger partial charge in [-0.15, -0.1) is 0 Å². The van der Waals surface area contributed by atoms with Crippen molar-refractivity contribution >= 4 is 10.0 Å². The van der Waals surface area contributed by atoms with E-state index in [1.165, 1.54) is 0 Å². The van der Waals surface area contributed by atoms with Gasteiger partial charge in [0.1, 0.15) is 5.82 Å². The highest BCUT2D eigenvalue weighted by Gasteiger charge is 2.18. The van der Waals surface area contributed by atoms with Crippen molar-refractivity contribution in [1.82, 2.24) is 24.2 Å². The van der Waals surface area contributed by atoms with E-state index in [1.807, 2.05) is 31.2 Å². The summed E-state index contributed by atoms with van der Waals surface area (Å²) in [7, 11) is -3.65. The summed E-state index contributed by atoms with van der Waals surface area (Å²) in [5.41, 5.74) is 2.47. The number of sulfonamides is 1. The molecule has 0 aliphatic heterocycles. The molecule has 7 nitrogen and oxygen atoms in total. The number of nitrogens with zero attached hydrogens (tertiary/aromatic N) is 4. The Morgan fingerprint density at radius 1 is 1.20 bits per heavy atom. The summed E-state index contributed by atoms with van der Waals surface area (Å²) in [5.74, 6) is 0.672. The molecule has 0 aliphatic carbocycles. The number of pyridine rings is 2. The molecule has 0 spiro atoms. The van der Waals surface area contributed by atoms with Crippen LogP contribution in [0.5, 0.6) is 0 Å². The Kier molecular flexibility index (Phi) is 4.91. The lowest BCUT2D eigenvalue weighted by molar-refractivity contribution is 0.577. The Balaban J connectivity index is 1.70. The Hall–Kier alpha value is -2.58. The summed E-state index contributed by atoms with van der Waals surface area (Å²) in [6.07, 6.45) is 6.63. The summed E-state index contributed by atoms with van der Waals surface area (Å²) < 4.78 is 29.1. The van der Waals surface area contributed by atoms with Crippen LogP contribution in [-0.4, -0.2) is 27.9 Å². The zero-order chi connectivity index (χ0) is 17.9. The van der Waals surface area contributed by atoms with Gasteiger partial charge in [-0.3, -0.25) is 9.97 Å². The van der Waals surface area contributed by atoms with Crippen LogP contribution in [0.3, 0.4) is 0 Å². The van der Waals surface area contributed by atoms with Crippen LogP contribution in [-0.2, 0) is 23.1 Å². The van der Waals surface area contributed by atoms with Crippen LogP contribution in [0.4, 0.5) is 0 Å². The van der Waals surface area contributed by atoms with Gasteiger partial charge < -0.3 is 4.57 Å². The first kappa shape index (κ1) is 17.2. The molecule has 3 heterocycles. The van der Waals surface area contributed by atoms with Gasteiger partial charge >= 0.3 is 0 Å². The first-order valence-corrected chi connectivity index (χ1v) is 9.36. The number of rotatable bonds is 6. The summed E-state index contributed by atoms with van der Waals surface area (Å²) >= 11 is 0. The third-order valence-electron chi connectivity index (χ3n) is 3.82. The quantitative estimate of drug-likeness (QED) is 0.730. The molecule has 0 atom stereocenters. The SMILES string of the molecule is CCn1cc(S(=O)(=O)NCc2ccc(-c3cccnc3)nc2)nc1C. The first-order valence-electron chi connectivity index (χ1n) is 7.88. The molecule has 0 aliphatic rings. The van der Waals surface area contributed by atoms with E-state index in [0.717, 1.165) is 16.8 Å². The number of hydrogen-bond acceptors (Lipinski definition) is 5. The lowest BCUT2D eigenvalue weighted by Gasteiger charge is -2.05. The third kappa shape index (κ3) is 3.92. The zero-order valence-corrected chi connectivity index (χ0v) is 14.9. The third-order valence-corrected chi connectivity index (χ3v) is 5.09. The molecule has 0 radical (unpaired) electrons. The minimum Gasteiger partial charge on any atom is -0.334 e. The van der Waals surface area contributed by atoms with Gasteiger partial charge in [-0.05, 0) is 37.6 Å². The average Bonchev–Trinajstić information content (AvgIpc) is 3.03. The van der Waals surface area contributed by atoms with Gasteiger partial charge in [0, 0.05) is 43.4 Å². The van der Waals surface area contributed by atoms with Gasteiger partial charge in [0.25, 0.3) is 10.0 Å². The van der Waals surface area contributed by atoms with Crippen molar-refractivity contribution in [3.63, 3.8) is 0 Å². The summed E-state index contributed by atoms with van der Waals surface area (Å²) in [5, 5.41) is 0.0341. The molecule has 0 bridgehead atoms. The summed E-state index contributed by atoms with van der Waals surface area (Å²) in [6.45, 7) is 4.55. The molecule has 0 fully saturated rings. The lowest BCUT2D eigenvalue weighted by Crippen LogP contribution is -2.23. The molecule has 0 aromatic carbocycles. The Bertz CT molecular complexity index is 950. The van der Waals surface area contributed by atoms with Crippen LogP contribution < -0.4 is 4.72 Å². The Labute approximate surface area is 146 Å². The van der Waals surface area contributed by atoms with E-state index in [9.17, 15) is 8.42 Å². The second kappa shape index (κ2) is 7.12. The molecule has 1 N–H and O–H groups in total. The van der Waals surface area contributed by atoms with E-state index < -0.39 is 10.0 Å². The van der Waals surface area contributed by atoms with E-state index in [-0.39, 0.29) is 11.6 Å². The lowest BCUT2D eigenvalue weighted by atomic mass is 10.1. The standard InChI is InChI=1S/C17H19N5O2S/c1-3-22-12-17(21-13(22)2)25(23,24)20-10-14-6-7-16(19-9-14)15-5-4-8-18-11-15/h4-9,11-12,20H,3,10H2,1-2H3. The van der Waals surface area contributed by atoms with Crippen LogP contribution in [0.15, 0.2) is 54.1 Å². The van der Waals surface area contributed by atoms with Crippen LogP contribution >= 0.6 is 0 Å². The van der Waals surface area contributed by atoms with Crippen molar-refractivity contribution in [2.75, 3.05) is 0 Å². The fourth-order valence-electron chi connectivity index (χ4n) is 2.40. The number of hydrogen-bond donors (Lipinski definition) is 1. The average molecular weight is 357 g/mol. The highest BCUT2D eigenvalue weighted by atomic mass is 32.2. The predicted octanol–water partition coefficient (Wildman–Crippen LogP) is 2.15. The van der Waals surface area contributed by atoms with E-state index >= 15 is 0 Å². The molecule has 3 aromatic heterocycles. The van der Waals surface area contributed by atoms with Crippen molar-refractivity contribution < 1.29 is 8.42 Å². The molecule has 0 amide bonds. The second-order valence-electron chi connectivity index (χ2n) is 5.53. The number of aryl methyl sites for hydroxylation is 2. The smallest absolute Gasteiger partial charge is 0.259 e. The van der Waals surface area contributed by atoms with Crippen LogP contribution in [0.1, 0.15) is 18.3 Å². The monoisotopic (exact) mass is 357 g/mol. The first-order chi connectivity index (χ1) is 12.0. The molecule has 3 rings (SSSR count). The van der Waals surface area contributed by atoms with Gasteiger partial charge in [-0.1, -0.05) is 6.07 Å². The van der Waals surface area contributed by atoms with Crippen molar-refractivity contribution in [2.45, 2.75) is 32.0 Å². The zero-order valence-electron chi connectivity index (χ0n) is 14.0. The molecule has 3 aromatic rings. The fourth-order valence-corrected chi connectivity index (χ4v) is 3.42. The molecule has 0 saturated carbocycles. The molecule has 0 unspecified atom stereocenters. The highest BCUT2D eigenvalue weighted by molar-refractivity contribution is 7.89. The van der Waals surface area contributed by atoms with Gasteiger partial charge in [-0.25, -0.2) is 18.1 Å². The Morgan fingerprint density at radius 2 is 2.04 bits per heavy atom. The van der Waals surface area contributed by atoms with Crippen molar-refractivity contribution in [1.29, 1.82) is 0 Å². The van der Waals surface area contributed by atoms with Crippen molar-refractivity contribution in [3.8, 4) is 11.3 Å². The molecular formula is C17H19N5O2S. The van der Waals surface area contributed by atoms with Gasteiger partial charge in [-0.2, -0.15) is 0 Å². The second-order valence-corrected chi connectivity index (χ2v) is 7.24. The van der Waals surface area contributed by atoms with E-state index in [4.69, 9.17) is 0 Å². The maximum Gasteiger partial charge on any atom is 0.259 e. The van der Waals surface area contributed by atoms with Crippen LogP contribution in [0.25, 0.3) is 11.3 Å². The molecule has 25 heavy (non-hydrogen) atoms. The van der Waals surface area contributed by atoms with E-state index in [0.29, 0.717) is 12.4 Å². The van der Waals surface area contributed by atoms with Gasteiger partial charge in [0.05, 0.1) is 5.69 Å². The van der Waals surface area contributed by atoms with Gasteiger partial charge in [0.2, 0.25) is 0 Å². The summed E-state index contributed by atoms with van der Waals surface area (Å²) in [4.78, 5) is 12.5. The topological polar surface area (TPSA) is 89.8 Å². The van der Waals surface area contributed by atoms with Crippen molar-refractivity contribution in [2.24, 2.45) is 0 Å². The molecular weight excluding hydrogens is 338 g/mol. The maximum atomic E-state index is 12.4. The minimum absolute atomic E-state index is 0.0341. The van der Waals surface area contributed by atoms with Crippen LogP contribution in [0.2, 0.25) is 0 Å². The highest BCUT2D eigenvalue weighted by Crippen LogP contribution is 2.15. The van der Waals surface area contributed by atoms with Crippen LogP contribution in [0, 0.1) is 6.92 Å². The maximum absolute atomic E-state index is 12.4. The van der Waals surface area contributed by atoms with E-state index in [1.54, 1.807) is 36.3 Å². The number of imidazole rings is 1. The number of nitrogens with one attached hydrogen (secondary N) is 1. The molecule has 8 heteroatoms. The molecule has 130 valence electrons. The fraction of sp³-hybridized carbons (Fsp3) is 0.235. The predicted molar refractivity (Wildman–Crippen MR) is 94.1 cm³/mol. The van der Waals surface area contributed by atoms with Gasteiger partial charge in [0.15, 0.2) is 5.03 Å². The number of aromatic nitrogens is 4. The largest absolute Gasteiger partial charge is 0.334 e. The summed E-state index contributed by atoms with van der Waals surface area (Å²) in [6, 6.07) is 7.45. The van der Waals surface area contributed by atoms with E-state index in [2.05, 4.69) is 19.7 Å². The normalized spacial score (nSPS) is 11.6.